The highest BCUT2D eigenvalue weighted by molar-refractivity contribution is 5.20. The highest BCUT2D eigenvalue weighted by atomic mass is 16.5. The maximum atomic E-state index is 5.49. The monoisotopic (exact) mass is 221 g/mol. The van der Waals surface area contributed by atoms with E-state index in [4.69, 9.17) is 9.72 Å². The Balaban J connectivity index is 1.79. The van der Waals surface area contributed by atoms with E-state index in [0.29, 0.717) is 5.92 Å². The molecule has 1 unspecified atom stereocenters. The van der Waals surface area contributed by atoms with Crippen LogP contribution in [0.2, 0.25) is 0 Å². The van der Waals surface area contributed by atoms with E-state index < -0.39 is 0 Å². The Morgan fingerprint density at radius 1 is 1.38 bits per heavy atom. The standard InChI is InChI=1S/C12H19N3O/c1-8-11(10-7-16-6-5-13-10)15-12(14-8)9-3-2-4-9/h9-10,13H,2-7H2,1H3,(H,14,15). The molecule has 1 aliphatic carbocycles. The van der Waals surface area contributed by atoms with Crippen LogP contribution in [0.25, 0.3) is 0 Å². The van der Waals surface area contributed by atoms with Gasteiger partial charge in [0, 0.05) is 18.2 Å². The first-order valence-electron chi connectivity index (χ1n) is 6.22. The number of morpholine rings is 1. The van der Waals surface area contributed by atoms with Crippen molar-refractivity contribution in [2.24, 2.45) is 0 Å². The minimum Gasteiger partial charge on any atom is -0.378 e. The van der Waals surface area contributed by atoms with Gasteiger partial charge in [-0.2, -0.15) is 0 Å². The fraction of sp³-hybridized carbons (Fsp3) is 0.750. The summed E-state index contributed by atoms with van der Waals surface area (Å²) in [7, 11) is 0. The Morgan fingerprint density at radius 2 is 2.25 bits per heavy atom. The molecule has 2 fully saturated rings. The molecule has 3 rings (SSSR count). The van der Waals surface area contributed by atoms with Gasteiger partial charge < -0.3 is 15.0 Å². The lowest BCUT2D eigenvalue weighted by molar-refractivity contribution is 0.0755. The third kappa shape index (κ3) is 1.76. The van der Waals surface area contributed by atoms with Gasteiger partial charge in [-0.25, -0.2) is 4.98 Å². The molecule has 16 heavy (non-hydrogen) atoms. The Morgan fingerprint density at radius 3 is 2.88 bits per heavy atom. The zero-order chi connectivity index (χ0) is 11.0. The van der Waals surface area contributed by atoms with Crippen LogP contribution >= 0.6 is 0 Å². The van der Waals surface area contributed by atoms with Gasteiger partial charge in [-0.3, -0.25) is 0 Å². The number of rotatable bonds is 2. The molecule has 88 valence electrons. The van der Waals surface area contributed by atoms with E-state index in [0.717, 1.165) is 25.5 Å². The van der Waals surface area contributed by atoms with E-state index in [1.807, 2.05) is 0 Å². The van der Waals surface area contributed by atoms with Crippen molar-refractivity contribution in [1.82, 2.24) is 15.3 Å². The Bertz CT molecular complexity index is 364. The molecule has 1 aliphatic heterocycles. The number of hydrogen-bond donors (Lipinski definition) is 2. The second kappa shape index (κ2) is 4.18. The topological polar surface area (TPSA) is 49.9 Å². The van der Waals surface area contributed by atoms with E-state index in [2.05, 4.69) is 17.2 Å². The Kier molecular flexibility index (Phi) is 2.69. The van der Waals surface area contributed by atoms with Crippen molar-refractivity contribution >= 4 is 0 Å². The summed E-state index contributed by atoms with van der Waals surface area (Å²) in [6, 6.07) is 0.277. The van der Waals surface area contributed by atoms with Gasteiger partial charge in [-0.15, -0.1) is 0 Å². The summed E-state index contributed by atoms with van der Waals surface area (Å²) in [6.45, 7) is 4.60. The van der Waals surface area contributed by atoms with E-state index in [1.165, 1.54) is 30.8 Å². The van der Waals surface area contributed by atoms with Crippen molar-refractivity contribution in [2.45, 2.75) is 38.1 Å². The number of aryl methyl sites for hydroxylation is 1. The summed E-state index contributed by atoms with van der Waals surface area (Å²) < 4.78 is 5.49. The van der Waals surface area contributed by atoms with Crippen LogP contribution in [0.5, 0.6) is 0 Å². The van der Waals surface area contributed by atoms with Gasteiger partial charge in [0.05, 0.1) is 24.9 Å². The van der Waals surface area contributed by atoms with Crippen LogP contribution < -0.4 is 5.32 Å². The molecular weight excluding hydrogens is 202 g/mol. The average Bonchev–Trinajstić information content (AvgIpc) is 2.59. The molecule has 0 aromatic carbocycles. The Labute approximate surface area is 95.8 Å². The first-order chi connectivity index (χ1) is 7.84. The number of imidazole rings is 1. The molecular formula is C12H19N3O. The highest BCUT2D eigenvalue weighted by Gasteiger charge is 2.26. The largest absolute Gasteiger partial charge is 0.378 e. The molecule has 1 atom stereocenters. The van der Waals surface area contributed by atoms with Crippen molar-refractivity contribution in [3.8, 4) is 0 Å². The van der Waals surface area contributed by atoms with Crippen molar-refractivity contribution < 1.29 is 4.74 Å². The predicted octanol–water partition coefficient (Wildman–Crippen LogP) is 1.65. The minimum absolute atomic E-state index is 0.277. The van der Waals surface area contributed by atoms with Gasteiger partial charge in [0.15, 0.2) is 0 Å². The maximum Gasteiger partial charge on any atom is 0.109 e. The summed E-state index contributed by atoms with van der Waals surface area (Å²) >= 11 is 0. The zero-order valence-electron chi connectivity index (χ0n) is 9.75. The van der Waals surface area contributed by atoms with E-state index in [9.17, 15) is 0 Å². The van der Waals surface area contributed by atoms with Gasteiger partial charge in [-0.1, -0.05) is 6.42 Å². The predicted molar refractivity (Wildman–Crippen MR) is 61.5 cm³/mol. The van der Waals surface area contributed by atoms with E-state index >= 15 is 0 Å². The van der Waals surface area contributed by atoms with Crippen LogP contribution in [-0.2, 0) is 4.74 Å². The maximum absolute atomic E-state index is 5.49. The molecule has 0 bridgehead atoms. The molecule has 4 nitrogen and oxygen atoms in total. The second-order valence-electron chi connectivity index (χ2n) is 4.84. The highest BCUT2D eigenvalue weighted by Crippen LogP contribution is 2.35. The van der Waals surface area contributed by atoms with E-state index in [-0.39, 0.29) is 6.04 Å². The molecule has 0 amide bonds. The van der Waals surface area contributed by atoms with Crippen LogP contribution in [0, 0.1) is 6.92 Å². The van der Waals surface area contributed by atoms with E-state index in [1.54, 1.807) is 0 Å². The summed E-state index contributed by atoms with van der Waals surface area (Å²) in [5.41, 5.74) is 2.35. The molecule has 1 aromatic heterocycles. The smallest absolute Gasteiger partial charge is 0.109 e. The molecule has 2 aliphatic rings. The van der Waals surface area contributed by atoms with Gasteiger partial charge in [0.25, 0.3) is 0 Å². The molecule has 2 N–H and O–H groups in total. The lowest BCUT2D eigenvalue weighted by Gasteiger charge is -2.24. The van der Waals surface area contributed by atoms with Gasteiger partial charge in [0.2, 0.25) is 0 Å². The first kappa shape index (κ1) is 10.3. The summed E-state index contributed by atoms with van der Waals surface area (Å²) in [5, 5.41) is 3.46. The number of nitrogens with zero attached hydrogens (tertiary/aromatic N) is 1. The van der Waals surface area contributed by atoms with Crippen molar-refractivity contribution in [1.29, 1.82) is 0 Å². The minimum atomic E-state index is 0.277. The fourth-order valence-electron chi connectivity index (χ4n) is 2.45. The summed E-state index contributed by atoms with van der Waals surface area (Å²) in [5.74, 6) is 1.86. The molecule has 2 heterocycles. The summed E-state index contributed by atoms with van der Waals surface area (Å²) in [6.07, 6.45) is 3.94. The molecule has 1 aromatic rings. The number of aromatic amines is 1. The van der Waals surface area contributed by atoms with Crippen LogP contribution in [0.4, 0.5) is 0 Å². The molecule has 0 spiro atoms. The fourth-order valence-corrected chi connectivity index (χ4v) is 2.45. The number of ether oxygens (including phenoxy) is 1. The molecule has 0 radical (unpaired) electrons. The third-order valence-electron chi connectivity index (χ3n) is 3.68. The number of hydrogen-bond acceptors (Lipinski definition) is 3. The second-order valence-corrected chi connectivity index (χ2v) is 4.84. The SMILES string of the molecule is Cc1[nH]c(C2CCC2)nc1C1COCCN1. The van der Waals surface area contributed by atoms with Gasteiger partial charge in [0.1, 0.15) is 5.82 Å². The quantitative estimate of drug-likeness (QED) is 0.798. The summed E-state index contributed by atoms with van der Waals surface area (Å²) in [4.78, 5) is 8.19. The van der Waals surface area contributed by atoms with Crippen molar-refractivity contribution in [3.05, 3.63) is 17.2 Å². The number of aromatic nitrogens is 2. The molecule has 1 saturated heterocycles. The zero-order valence-corrected chi connectivity index (χ0v) is 9.75. The van der Waals surface area contributed by atoms with Crippen LogP contribution in [0.3, 0.4) is 0 Å². The third-order valence-corrected chi connectivity index (χ3v) is 3.68. The van der Waals surface area contributed by atoms with Gasteiger partial charge in [-0.05, 0) is 19.8 Å². The average molecular weight is 221 g/mol. The van der Waals surface area contributed by atoms with Crippen molar-refractivity contribution in [3.63, 3.8) is 0 Å². The van der Waals surface area contributed by atoms with Crippen molar-refractivity contribution in [2.75, 3.05) is 19.8 Å². The number of nitrogens with one attached hydrogen (secondary N) is 2. The number of H-pyrrole nitrogens is 1. The normalized spacial score (nSPS) is 26.7. The first-order valence-corrected chi connectivity index (χ1v) is 6.22. The van der Waals surface area contributed by atoms with Crippen LogP contribution in [-0.4, -0.2) is 29.7 Å². The molecule has 4 heteroatoms. The lowest BCUT2D eigenvalue weighted by atomic mass is 9.85. The Hall–Kier alpha value is -0.870. The molecule has 1 saturated carbocycles. The van der Waals surface area contributed by atoms with Crippen LogP contribution in [0.15, 0.2) is 0 Å². The van der Waals surface area contributed by atoms with Crippen LogP contribution in [0.1, 0.15) is 48.4 Å². The lowest BCUT2D eigenvalue weighted by Crippen LogP contribution is -2.35. The van der Waals surface area contributed by atoms with Gasteiger partial charge >= 0.3 is 0 Å².